The monoisotopic (exact) mass is 306 g/mol. The van der Waals surface area contributed by atoms with Gasteiger partial charge in [-0.15, -0.1) is 0 Å². The summed E-state index contributed by atoms with van der Waals surface area (Å²) in [6.45, 7) is 9.01. The number of ether oxygens (including phenoxy) is 3. The Morgan fingerprint density at radius 1 is 1.05 bits per heavy atom. The topological polar surface area (TPSA) is 44.8 Å². The number of hydrogen-bond donors (Lipinski definition) is 0. The standard InChI is InChI=1S/C18H26O4/c1-17(2)7-8-18(3,4)14-10-15(22-11-20-5)12(9-13(14)17)16(19)21-6/h9-10H,7-8,11H2,1-6H3. The minimum atomic E-state index is -0.381. The van der Waals surface area contributed by atoms with Crippen LogP contribution in [0.5, 0.6) is 5.75 Å². The average Bonchev–Trinajstić information content (AvgIpc) is 2.48. The molecule has 0 aliphatic heterocycles. The summed E-state index contributed by atoms with van der Waals surface area (Å²) >= 11 is 0. The molecule has 4 heteroatoms. The number of methoxy groups -OCH3 is 2. The predicted octanol–water partition coefficient (Wildman–Crippen LogP) is 3.80. The maximum Gasteiger partial charge on any atom is 0.341 e. The SMILES string of the molecule is COCOc1cc2c(cc1C(=O)OC)C(C)(C)CCC2(C)C. The highest BCUT2D eigenvalue weighted by atomic mass is 16.7. The zero-order chi connectivity index (χ0) is 16.5. The highest BCUT2D eigenvalue weighted by molar-refractivity contribution is 5.93. The van der Waals surface area contributed by atoms with E-state index in [2.05, 4.69) is 27.7 Å². The van der Waals surface area contributed by atoms with Gasteiger partial charge in [0.1, 0.15) is 11.3 Å². The number of carbonyl (C=O) groups is 1. The minimum Gasteiger partial charge on any atom is -0.467 e. The Bertz CT molecular complexity index is 573. The zero-order valence-electron chi connectivity index (χ0n) is 14.4. The second kappa shape index (κ2) is 5.92. The molecular weight excluding hydrogens is 280 g/mol. The molecule has 0 atom stereocenters. The molecule has 0 N–H and O–H groups in total. The quantitative estimate of drug-likeness (QED) is 0.627. The van der Waals surface area contributed by atoms with Crippen LogP contribution >= 0.6 is 0 Å². The normalized spacial score (nSPS) is 18.5. The first-order chi connectivity index (χ1) is 10.2. The van der Waals surface area contributed by atoms with E-state index < -0.39 is 0 Å². The van der Waals surface area contributed by atoms with Gasteiger partial charge in [0.05, 0.1) is 7.11 Å². The van der Waals surface area contributed by atoms with Gasteiger partial charge in [-0.2, -0.15) is 0 Å². The Morgan fingerprint density at radius 2 is 1.59 bits per heavy atom. The number of benzene rings is 1. The molecule has 0 bridgehead atoms. The van der Waals surface area contributed by atoms with Crippen molar-refractivity contribution >= 4 is 5.97 Å². The summed E-state index contributed by atoms with van der Waals surface area (Å²) in [7, 11) is 2.94. The molecule has 0 unspecified atom stereocenters. The zero-order valence-corrected chi connectivity index (χ0v) is 14.4. The molecule has 0 heterocycles. The van der Waals surface area contributed by atoms with E-state index in [0.717, 1.165) is 12.8 Å². The molecule has 0 aromatic heterocycles. The van der Waals surface area contributed by atoms with E-state index in [-0.39, 0.29) is 23.6 Å². The Balaban J connectivity index is 2.63. The van der Waals surface area contributed by atoms with Crippen LogP contribution in [0.25, 0.3) is 0 Å². The summed E-state index contributed by atoms with van der Waals surface area (Å²) in [6, 6.07) is 3.93. The van der Waals surface area contributed by atoms with E-state index in [1.807, 2.05) is 12.1 Å². The van der Waals surface area contributed by atoms with Crippen molar-refractivity contribution in [3.8, 4) is 5.75 Å². The van der Waals surface area contributed by atoms with Gasteiger partial charge < -0.3 is 14.2 Å². The molecule has 4 nitrogen and oxygen atoms in total. The van der Waals surface area contributed by atoms with Gasteiger partial charge in [0.2, 0.25) is 0 Å². The van der Waals surface area contributed by atoms with Crippen molar-refractivity contribution in [2.75, 3.05) is 21.0 Å². The summed E-state index contributed by atoms with van der Waals surface area (Å²) in [6.07, 6.45) is 2.19. The number of rotatable bonds is 4. The Labute approximate surface area is 132 Å². The van der Waals surface area contributed by atoms with E-state index in [9.17, 15) is 4.79 Å². The molecule has 0 fully saturated rings. The molecule has 1 aromatic rings. The molecule has 0 saturated heterocycles. The Morgan fingerprint density at radius 3 is 2.09 bits per heavy atom. The van der Waals surface area contributed by atoms with E-state index in [4.69, 9.17) is 14.2 Å². The second-order valence-corrected chi connectivity index (χ2v) is 7.20. The van der Waals surface area contributed by atoms with Gasteiger partial charge in [-0.3, -0.25) is 0 Å². The Kier molecular flexibility index (Phi) is 4.52. The largest absolute Gasteiger partial charge is 0.467 e. The van der Waals surface area contributed by atoms with Gasteiger partial charge in [0.15, 0.2) is 6.79 Å². The van der Waals surface area contributed by atoms with Gasteiger partial charge in [0.25, 0.3) is 0 Å². The van der Waals surface area contributed by atoms with Gasteiger partial charge in [-0.05, 0) is 46.9 Å². The van der Waals surface area contributed by atoms with Gasteiger partial charge in [-0.25, -0.2) is 4.79 Å². The molecule has 2 rings (SSSR count). The fourth-order valence-electron chi connectivity index (χ4n) is 3.11. The van der Waals surface area contributed by atoms with E-state index in [1.165, 1.54) is 18.2 Å². The third-order valence-corrected chi connectivity index (χ3v) is 4.69. The fourth-order valence-corrected chi connectivity index (χ4v) is 3.11. The van der Waals surface area contributed by atoms with Crippen LogP contribution in [0.3, 0.4) is 0 Å². The minimum absolute atomic E-state index is 0.0351. The van der Waals surface area contributed by atoms with Crippen molar-refractivity contribution in [3.63, 3.8) is 0 Å². The van der Waals surface area contributed by atoms with Crippen molar-refractivity contribution < 1.29 is 19.0 Å². The second-order valence-electron chi connectivity index (χ2n) is 7.20. The van der Waals surface area contributed by atoms with Crippen molar-refractivity contribution in [2.24, 2.45) is 0 Å². The predicted molar refractivity (Wildman–Crippen MR) is 85.6 cm³/mol. The molecule has 122 valence electrons. The summed E-state index contributed by atoms with van der Waals surface area (Å²) in [5, 5.41) is 0. The van der Waals surface area contributed by atoms with Gasteiger partial charge in [-0.1, -0.05) is 27.7 Å². The lowest BCUT2D eigenvalue weighted by atomic mass is 9.63. The molecule has 0 saturated carbocycles. The lowest BCUT2D eigenvalue weighted by molar-refractivity contribution is 0.0463. The number of esters is 1. The van der Waals surface area contributed by atoms with Crippen LogP contribution in [-0.4, -0.2) is 27.0 Å². The van der Waals surface area contributed by atoms with Crippen molar-refractivity contribution in [2.45, 2.75) is 51.4 Å². The van der Waals surface area contributed by atoms with Crippen molar-refractivity contribution in [1.82, 2.24) is 0 Å². The van der Waals surface area contributed by atoms with Crippen LogP contribution in [-0.2, 0) is 20.3 Å². The van der Waals surface area contributed by atoms with Crippen LogP contribution in [0, 0.1) is 0 Å². The van der Waals surface area contributed by atoms with Crippen molar-refractivity contribution in [3.05, 3.63) is 28.8 Å². The smallest absolute Gasteiger partial charge is 0.341 e. The van der Waals surface area contributed by atoms with Crippen LogP contribution in [0.2, 0.25) is 0 Å². The highest BCUT2D eigenvalue weighted by Gasteiger charge is 2.38. The maximum atomic E-state index is 12.1. The first-order valence-corrected chi connectivity index (χ1v) is 7.62. The number of hydrogen-bond acceptors (Lipinski definition) is 4. The van der Waals surface area contributed by atoms with Crippen LogP contribution < -0.4 is 4.74 Å². The lowest BCUT2D eigenvalue weighted by Gasteiger charge is -2.42. The first-order valence-electron chi connectivity index (χ1n) is 7.62. The third kappa shape index (κ3) is 2.98. The van der Waals surface area contributed by atoms with Crippen molar-refractivity contribution in [1.29, 1.82) is 0 Å². The maximum absolute atomic E-state index is 12.1. The third-order valence-electron chi connectivity index (χ3n) is 4.69. The summed E-state index contributed by atoms with van der Waals surface area (Å²) in [5.41, 5.74) is 3.00. The van der Waals surface area contributed by atoms with E-state index in [1.54, 1.807) is 7.11 Å². The molecule has 0 spiro atoms. The molecule has 0 radical (unpaired) electrons. The molecule has 0 amide bonds. The molecule has 1 aliphatic rings. The summed E-state index contributed by atoms with van der Waals surface area (Å²) in [4.78, 5) is 12.1. The number of carbonyl (C=O) groups excluding carboxylic acids is 1. The first kappa shape index (κ1) is 16.8. The summed E-state index contributed by atoms with van der Waals surface area (Å²) in [5.74, 6) is 0.145. The number of fused-ring (bicyclic) bond motifs is 1. The van der Waals surface area contributed by atoms with Gasteiger partial charge >= 0.3 is 5.97 Å². The average molecular weight is 306 g/mol. The molecular formula is C18H26O4. The molecule has 1 aliphatic carbocycles. The van der Waals surface area contributed by atoms with E-state index in [0.29, 0.717) is 11.3 Å². The Hall–Kier alpha value is -1.55. The summed E-state index contributed by atoms with van der Waals surface area (Å²) < 4.78 is 15.5. The van der Waals surface area contributed by atoms with Crippen LogP contribution in [0.4, 0.5) is 0 Å². The van der Waals surface area contributed by atoms with Gasteiger partial charge in [0, 0.05) is 7.11 Å². The lowest BCUT2D eigenvalue weighted by Crippen LogP contribution is -2.34. The molecule has 22 heavy (non-hydrogen) atoms. The van der Waals surface area contributed by atoms with E-state index >= 15 is 0 Å². The van der Waals surface area contributed by atoms with Crippen LogP contribution in [0.1, 0.15) is 62.0 Å². The fraction of sp³-hybridized carbons (Fsp3) is 0.611. The molecule has 1 aromatic carbocycles. The highest BCUT2D eigenvalue weighted by Crippen LogP contribution is 2.47. The van der Waals surface area contributed by atoms with Crippen LogP contribution in [0.15, 0.2) is 12.1 Å².